The second-order valence-corrected chi connectivity index (χ2v) is 2.71. The maximum atomic E-state index is 11.0. The van der Waals surface area contributed by atoms with Crippen LogP contribution in [0, 0.1) is 0 Å². The van der Waals surface area contributed by atoms with Gasteiger partial charge in [0, 0.05) is 0 Å². The average molecular weight is 223 g/mol. The normalized spacial score (nSPS) is 16.6. The van der Waals surface area contributed by atoms with Crippen molar-refractivity contribution in [1.29, 1.82) is 0 Å². The number of hydrogen-bond acceptors (Lipinski definition) is 7. The van der Waals surface area contributed by atoms with Gasteiger partial charge in [0.1, 0.15) is 18.9 Å². The third-order valence-corrected chi connectivity index (χ3v) is 1.64. The first-order valence-corrected chi connectivity index (χ1v) is 4.03. The van der Waals surface area contributed by atoms with E-state index in [4.69, 9.17) is 25.5 Å². The zero-order chi connectivity index (χ0) is 12.0. The summed E-state index contributed by atoms with van der Waals surface area (Å²) in [6, 6.07) is 0. The van der Waals surface area contributed by atoms with E-state index in [1.165, 1.54) is 0 Å². The SMILES string of the molecule is O=C(NCO)C(=O)[C@@H](O)[C@H](O)[C@H](O)CO. The van der Waals surface area contributed by atoms with Crippen molar-refractivity contribution in [3.05, 3.63) is 0 Å². The number of rotatable bonds is 6. The molecule has 0 unspecified atom stereocenters. The smallest absolute Gasteiger partial charge is 0.292 e. The minimum Gasteiger partial charge on any atom is -0.394 e. The molecule has 0 saturated heterocycles. The van der Waals surface area contributed by atoms with Crippen LogP contribution in [0.1, 0.15) is 0 Å². The molecule has 0 aromatic rings. The highest BCUT2D eigenvalue weighted by Crippen LogP contribution is 2.01. The van der Waals surface area contributed by atoms with E-state index in [1.807, 2.05) is 0 Å². The summed E-state index contributed by atoms with van der Waals surface area (Å²) >= 11 is 0. The summed E-state index contributed by atoms with van der Waals surface area (Å²) in [7, 11) is 0. The van der Waals surface area contributed by atoms with Crippen LogP contribution in [0.2, 0.25) is 0 Å². The average Bonchev–Trinajstić information content (AvgIpc) is 2.25. The fourth-order valence-corrected chi connectivity index (χ4v) is 0.767. The van der Waals surface area contributed by atoms with Gasteiger partial charge in [-0.05, 0) is 0 Å². The van der Waals surface area contributed by atoms with Crippen LogP contribution in [0.25, 0.3) is 0 Å². The van der Waals surface area contributed by atoms with Gasteiger partial charge in [-0.25, -0.2) is 0 Å². The molecule has 8 heteroatoms. The van der Waals surface area contributed by atoms with Gasteiger partial charge >= 0.3 is 0 Å². The molecule has 0 aromatic carbocycles. The molecule has 0 aromatic heterocycles. The van der Waals surface area contributed by atoms with E-state index in [-0.39, 0.29) is 0 Å². The number of carbonyl (C=O) groups excluding carboxylic acids is 2. The number of nitrogens with one attached hydrogen (secondary N) is 1. The summed E-state index contributed by atoms with van der Waals surface area (Å²) in [6.45, 7) is -1.66. The number of hydrogen-bond donors (Lipinski definition) is 6. The van der Waals surface area contributed by atoms with E-state index < -0.39 is 43.3 Å². The molecule has 0 heterocycles. The van der Waals surface area contributed by atoms with Gasteiger partial charge in [0.25, 0.3) is 11.7 Å². The summed E-state index contributed by atoms with van der Waals surface area (Å²) in [4.78, 5) is 21.7. The molecule has 0 rings (SSSR count). The monoisotopic (exact) mass is 223 g/mol. The van der Waals surface area contributed by atoms with E-state index in [0.717, 1.165) is 0 Å². The highest BCUT2D eigenvalue weighted by Gasteiger charge is 2.33. The fourth-order valence-electron chi connectivity index (χ4n) is 0.767. The van der Waals surface area contributed by atoms with E-state index >= 15 is 0 Å². The number of amides is 1. The van der Waals surface area contributed by atoms with E-state index in [9.17, 15) is 9.59 Å². The van der Waals surface area contributed by atoms with Crippen LogP contribution >= 0.6 is 0 Å². The standard InChI is InChI=1S/C7H13NO7/c9-1-3(11)4(12)5(13)6(14)7(15)8-2-10/h3-5,9-13H,1-2H2,(H,8,15)/t3-,4-,5+/m1/s1. The molecule has 0 fully saturated rings. The first-order valence-electron chi connectivity index (χ1n) is 4.03. The van der Waals surface area contributed by atoms with Gasteiger partial charge in [0.15, 0.2) is 6.10 Å². The predicted octanol–water partition coefficient (Wildman–Crippen LogP) is -4.30. The second kappa shape index (κ2) is 6.43. The molecule has 88 valence electrons. The van der Waals surface area contributed by atoms with Gasteiger partial charge < -0.3 is 30.8 Å². The van der Waals surface area contributed by atoms with E-state index in [0.29, 0.717) is 0 Å². The Kier molecular flexibility index (Phi) is 5.97. The van der Waals surface area contributed by atoms with Crippen LogP contribution in [0.5, 0.6) is 0 Å². The number of aliphatic hydroxyl groups is 5. The first-order chi connectivity index (χ1) is 6.95. The lowest BCUT2D eigenvalue weighted by Crippen LogP contribution is -2.49. The minimum atomic E-state index is -2.15. The molecule has 8 nitrogen and oxygen atoms in total. The summed E-state index contributed by atoms with van der Waals surface area (Å²) < 4.78 is 0. The highest BCUT2D eigenvalue weighted by molar-refractivity contribution is 6.37. The van der Waals surface area contributed by atoms with Crippen molar-refractivity contribution in [1.82, 2.24) is 5.32 Å². The summed E-state index contributed by atoms with van der Waals surface area (Å²) in [5.41, 5.74) is 0. The third kappa shape index (κ3) is 3.90. The summed E-state index contributed by atoms with van der Waals surface area (Å²) in [5, 5.41) is 45.3. The molecule has 15 heavy (non-hydrogen) atoms. The first kappa shape index (κ1) is 13.9. The molecular formula is C7H13NO7. The van der Waals surface area contributed by atoms with Crippen molar-refractivity contribution in [2.75, 3.05) is 13.3 Å². The van der Waals surface area contributed by atoms with Crippen LogP contribution in [-0.2, 0) is 9.59 Å². The zero-order valence-electron chi connectivity index (χ0n) is 7.70. The Hall–Kier alpha value is -1.06. The number of Topliss-reactive ketones (excluding diaryl/α,β-unsaturated/α-hetero) is 1. The quantitative estimate of drug-likeness (QED) is 0.197. The largest absolute Gasteiger partial charge is 0.394 e. The lowest BCUT2D eigenvalue weighted by molar-refractivity contribution is -0.151. The van der Waals surface area contributed by atoms with Gasteiger partial charge in [0.05, 0.1) is 6.61 Å². The Morgan fingerprint density at radius 1 is 1.13 bits per heavy atom. The van der Waals surface area contributed by atoms with Crippen molar-refractivity contribution in [3.8, 4) is 0 Å². The maximum Gasteiger partial charge on any atom is 0.292 e. The van der Waals surface area contributed by atoms with Crippen molar-refractivity contribution in [2.24, 2.45) is 0 Å². The van der Waals surface area contributed by atoms with Gasteiger partial charge in [-0.15, -0.1) is 0 Å². The Balaban J connectivity index is 4.37. The molecule has 0 aliphatic heterocycles. The molecule has 0 aliphatic rings. The third-order valence-electron chi connectivity index (χ3n) is 1.64. The van der Waals surface area contributed by atoms with E-state index in [1.54, 1.807) is 5.32 Å². The molecule has 0 saturated carbocycles. The summed E-state index contributed by atoms with van der Waals surface area (Å²) in [5.74, 6) is -2.71. The van der Waals surface area contributed by atoms with Crippen molar-refractivity contribution < 1.29 is 35.1 Å². The maximum absolute atomic E-state index is 11.0. The van der Waals surface area contributed by atoms with Gasteiger partial charge in [-0.1, -0.05) is 0 Å². The Morgan fingerprint density at radius 2 is 1.67 bits per heavy atom. The molecule has 6 N–H and O–H groups in total. The predicted molar refractivity (Wildman–Crippen MR) is 45.3 cm³/mol. The highest BCUT2D eigenvalue weighted by atomic mass is 16.4. The number of aliphatic hydroxyl groups excluding tert-OH is 5. The molecule has 0 bridgehead atoms. The minimum absolute atomic E-state index is 0.796. The van der Waals surface area contributed by atoms with Crippen LogP contribution in [0.15, 0.2) is 0 Å². The van der Waals surface area contributed by atoms with Crippen LogP contribution < -0.4 is 5.32 Å². The fraction of sp³-hybridized carbons (Fsp3) is 0.714. The topological polar surface area (TPSA) is 147 Å². The Morgan fingerprint density at radius 3 is 2.07 bits per heavy atom. The number of carbonyl (C=O) groups is 2. The Labute approximate surface area is 84.8 Å². The van der Waals surface area contributed by atoms with Crippen LogP contribution in [-0.4, -0.2) is 68.9 Å². The molecule has 3 atom stereocenters. The van der Waals surface area contributed by atoms with Crippen molar-refractivity contribution in [2.45, 2.75) is 18.3 Å². The second-order valence-electron chi connectivity index (χ2n) is 2.71. The number of ketones is 1. The van der Waals surface area contributed by atoms with Crippen molar-refractivity contribution >= 4 is 11.7 Å². The Bertz CT molecular complexity index is 231. The molecular weight excluding hydrogens is 210 g/mol. The van der Waals surface area contributed by atoms with Crippen LogP contribution in [0.4, 0.5) is 0 Å². The lowest BCUT2D eigenvalue weighted by Gasteiger charge is -2.19. The summed E-state index contributed by atoms with van der Waals surface area (Å²) in [6.07, 6.45) is -5.85. The van der Waals surface area contributed by atoms with Gasteiger partial charge in [-0.3, -0.25) is 9.59 Å². The zero-order valence-corrected chi connectivity index (χ0v) is 7.70. The molecule has 1 amide bonds. The van der Waals surface area contributed by atoms with E-state index in [2.05, 4.69) is 0 Å². The molecule has 0 radical (unpaired) electrons. The van der Waals surface area contributed by atoms with Gasteiger partial charge in [-0.2, -0.15) is 0 Å². The van der Waals surface area contributed by atoms with Crippen LogP contribution in [0.3, 0.4) is 0 Å². The molecule has 0 spiro atoms. The van der Waals surface area contributed by atoms with Crippen molar-refractivity contribution in [3.63, 3.8) is 0 Å². The lowest BCUT2D eigenvalue weighted by atomic mass is 10.0. The van der Waals surface area contributed by atoms with Gasteiger partial charge in [0.2, 0.25) is 0 Å². The molecule has 0 aliphatic carbocycles.